The zero-order valence-corrected chi connectivity index (χ0v) is 32.8. The van der Waals surface area contributed by atoms with Crippen molar-refractivity contribution in [3.05, 3.63) is 0 Å². The number of hydrogen-bond acceptors (Lipinski definition) is 1. The van der Waals surface area contributed by atoms with E-state index in [1.807, 2.05) is 0 Å². The standard InChI is InChI=1S/C42H85N2O.ClH/c1-4-6-8-10-12-14-16-18-20-22-24-26-28-30-32-34-39-44(3,41-43-38-36-37-42(43)45)40-35-33-31-29-27-25-23-21-19-17-15-13-11-9-7-5-2;/h4-41H2,1-3H3;1H/q+1;/p-1. The molecule has 1 aliphatic rings. The molecular formula is C42H85ClN2O. The first kappa shape index (κ1) is 45.7. The first-order valence-electron chi connectivity index (χ1n) is 21.2. The molecule has 1 heterocycles. The Bertz CT molecular complexity index is 591. The molecule has 0 spiro atoms. The van der Waals surface area contributed by atoms with Crippen LogP contribution >= 0.6 is 0 Å². The minimum Gasteiger partial charge on any atom is -1.00 e. The van der Waals surface area contributed by atoms with Crippen molar-refractivity contribution < 1.29 is 21.7 Å². The monoisotopic (exact) mass is 669 g/mol. The molecule has 1 aliphatic heterocycles. The van der Waals surface area contributed by atoms with E-state index < -0.39 is 0 Å². The molecule has 0 N–H and O–H groups in total. The Morgan fingerprint density at radius 1 is 0.457 bits per heavy atom. The fourth-order valence-corrected chi connectivity index (χ4v) is 7.60. The molecule has 0 aromatic heterocycles. The summed E-state index contributed by atoms with van der Waals surface area (Å²) in [7, 11) is 2.45. The van der Waals surface area contributed by atoms with Gasteiger partial charge in [-0.3, -0.25) is 9.69 Å². The van der Waals surface area contributed by atoms with E-state index in [-0.39, 0.29) is 12.4 Å². The Hall–Kier alpha value is -0.280. The van der Waals surface area contributed by atoms with Gasteiger partial charge in [-0.15, -0.1) is 0 Å². The van der Waals surface area contributed by atoms with Crippen molar-refractivity contribution in [2.45, 2.75) is 232 Å². The van der Waals surface area contributed by atoms with E-state index in [0.717, 1.165) is 30.5 Å². The van der Waals surface area contributed by atoms with Crippen molar-refractivity contribution in [1.29, 1.82) is 0 Å². The summed E-state index contributed by atoms with van der Waals surface area (Å²) in [4.78, 5) is 14.6. The summed E-state index contributed by atoms with van der Waals surface area (Å²) in [6.45, 7) is 9.06. The predicted molar refractivity (Wildman–Crippen MR) is 201 cm³/mol. The van der Waals surface area contributed by atoms with Crippen molar-refractivity contribution in [3.63, 3.8) is 0 Å². The highest BCUT2D eigenvalue weighted by Gasteiger charge is 2.29. The molecule has 0 aromatic carbocycles. The van der Waals surface area contributed by atoms with E-state index in [2.05, 4.69) is 25.8 Å². The molecule has 1 rings (SSSR count). The van der Waals surface area contributed by atoms with Gasteiger partial charge in [0.1, 0.15) is 0 Å². The topological polar surface area (TPSA) is 20.3 Å². The second kappa shape index (κ2) is 34.6. The van der Waals surface area contributed by atoms with Gasteiger partial charge in [-0.25, -0.2) is 0 Å². The minimum absolute atomic E-state index is 0. The van der Waals surface area contributed by atoms with Gasteiger partial charge in [0.15, 0.2) is 6.67 Å². The molecular weight excluding hydrogens is 584 g/mol. The molecule has 3 nitrogen and oxygen atoms in total. The third-order valence-corrected chi connectivity index (χ3v) is 10.8. The van der Waals surface area contributed by atoms with E-state index in [9.17, 15) is 4.79 Å². The smallest absolute Gasteiger partial charge is 0.226 e. The van der Waals surface area contributed by atoms with Crippen LogP contribution < -0.4 is 12.4 Å². The molecule has 0 atom stereocenters. The van der Waals surface area contributed by atoms with Crippen LogP contribution in [0.5, 0.6) is 0 Å². The summed E-state index contributed by atoms with van der Waals surface area (Å²) >= 11 is 0. The highest BCUT2D eigenvalue weighted by molar-refractivity contribution is 5.77. The molecule has 4 heteroatoms. The third kappa shape index (κ3) is 28.7. The highest BCUT2D eigenvalue weighted by atomic mass is 35.5. The lowest BCUT2D eigenvalue weighted by molar-refractivity contribution is -0.918. The molecule has 0 aliphatic carbocycles. The van der Waals surface area contributed by atoms with Gasteiger partial charge in [0, 0.05) is 13.0 Å². The Morgan fingerprint density at radius 3 is 0.957 bits per heavy atom. The molecule has 0 saturated carbocycles. The molecule has 0 radical (unpaired) electrons. The summed E-state index contributed by atoms with van der Waals surface area (Å²) in [6, 6.07) is 0. The Kier molecular flexibility index (Phi) is 34.4. The predicted octanol–water partition coefficient (Wildman–Crippen LogP) is 10.5. The number of nitrogens with zero attached hydrogens (tertiary/aromatic N) is 2. The number of rotatable bonds is 36. The normalized spacial score (nSPS) is 13.5. The van der Waals surface area contributed by atoms with Gasteiger partial charge in [-0.2, -0.15) is 0 Å². The lowest BCUT2D eigenvalue weighted by Gasteiger charge is -2.38. The summed E-state index contributed by atoms with van der Waals surface area (Å²) in [6.07, 6.45) is 47.6. The first-order valence-corrected chi connectivity index (χ1v) is 21.2. The average molecular weight is 670 g/mol. The van der Waals surface area contributed by atoms with Crippen molar-refractivity contribution in [3.8, 4) is 0 Å². The Balaban J connectivity index is 0.0000202. The molecule has 276 valence electrons. The fourth-order valence-electron chi connectivity index (χ4n) is 7.60. The minimum atomic E-state index is 0. The van der Waals surface area contributed by atoms with Crippen LogP contribution in [0.4, 0.5) is 0 Å². The van der Waals surface area contributed by atoms with Gasteiger partial charge in [-0.1, -0.05) is 194 Å². The Labute approximate surface area is 297 Å². The van der Waals surface area contributed by atoms with Crippen LogP contribution in [0.2, 0.25) is 0 Å². The fraction of sp³-hybridized carbons (Fsp3) is 0.976. The first-order chi connectivity index (χ1) is 22.1. The largest absolute Gasteiger partial charge is 1.00 e. The van der Waals surface area contributed by atoms with E-state index in [1.54, 1.807) is 0 Å². The summed E-state index contributed by atoms with van der Waals surface area (Å²) in [5, 5.41) is 0. The van der Waals surface area contributed by atoms with E-state index >= 15 is 0 Å². The van der Waals surface area contributed by atoms with Crippen LogP contribution in [0.3, 0.4) is 0 Å². The van der Waals surface area contributed by atoms with E-state index in [4.69, 9.17) is 0 Å². The summed E-state index contributed by atoms with van der Waals surface area (Å²) in [5.74, 6) is 0.401. The van der Waals surface area contributed by atoms with Gasteiger partial charge in [-0.05, 0) is 32.1 Å². The lowest BCUT2D eigenvalue weighted by Crippen LogP contribution is -3.00. The van der Waals surface area contributed by atoms with Crippen LogP contribution in [-0.2, 0) is 4.79 Å². The SMILES string of the molecule is CCCCCCCCCCCCCCCCCC[N+](C)(CCCCCCCCCCCCCCCCCC)CN1CCCC1=O.[Cl-]. The molecule has 0 aromatic rings. The second-order valence-corrected chi connectivity index (χ2v) is 15.6. The zero-order valence-electron chi connectivity index (χ0n) is 32.1. The van der Waals surface area contributed by atoms with Gasteiger partial charge in [0.25, 0.3) is 0 Å². The van der Waals surface area contributed by atoms with Crippen LogP contribution in [0.25, 0.3) is 0 Å². The van der Waals surface area contributed by atoms with Gasteiger partial charge >= 0.3 is 0 Å². The van der Waals surface area contributed by atoms with E-state index in [0.29, 0.717) is 5.91 Å². The van der Waals surface area contributed by atoms with Crippen molar-refractivity contribution in [2.24, 2.45) is 0 Å². The molecule has 1 saturated heterocycles. The molecule has 1 amide bonds. The van der Waals surface area contributed by atoms with Gasteiger partial charge < -0.3 is 16.9 Å². The second-order valence-electron chi connectivity index (χ2n) is 15.6. The number of unbranched alkanes of at least 4 members (excludes halogenated alkanes) is 30. The molecule has 1 fully saturated rings. The van der Waals surface area contributed by atoms with Gasteiger partial charge in [0.05, 0.1) is 20.1 Å². The molecule has 0 unspecified atom stereocenters. The number of hydrogen-bond donors (Lipinski definition) is 0. The van der Waals surface area contributed by atoms with Gasteiger partial charge in [0.2, 0.25) is 5.91 Å². The van der Waals surface area contributed by atoms with Crippen molar-refractivity contribution in [2.75, 3.05) is 33.4 Å². The maximum absolute atomic E-state index is 12.4. The van der Waals surface area contributed by atoms with Crippen molar-refractivity contribution >= 4 is 5.91 Å². The average Bonchev–Trinajstić information content (AvgIpc) is 3.43. The number of likely N-dealkylation sites (tertiary alicyclic amines) is 1. The third-order valence-electron chi connectivity index (χ3n) is 10.8. The maximum atomic E-state index is 12.4. The zero-order chi connectivity index (χ0) is 32.5. The highest BCUT2D eigenvalue weighted by Crippen LogP contribution is 2.19. The number of halogens is 1. The Morgan fingerprint density at radius 2 is 0.717 bits per heavy atom. The van der Waals surface area contributed by atoms with E-state index in [1.165, 1.54) is 219 Å². The molecule has 46 heavy (non-hydrogen) atoms. The van der Waals surface area contributed by atoms with Crippen LogP contribution in [-0.4, -0.2) is 48.6 Å². The quantitative estimate of drug-likeness (QED) is 0.0480. The number of carbonyl (C=O) groups is 1. The van der Waals surface area contributed by atoms with Crippen LogP contribution in [0.1, 0.15) is 232 Å². The number of quaternary nitrogens is 1. The number of amides is 1. The maximum Gasteiger partial charge on any atom is 0.226 e. The van der Waals surface area contributed by atoms with Crippen molar-refractivity contribution in [1.82, 2.24) is 4.90 Å². The lowest BCUT2D eigenvalue weighted by atomic mass is 10.0. The van der Waals surface area contributed by atoms with Crippen LogP contribution in [0.15, 0.2) is 0 Å². The summed E-state index contributed by atoms with van der Waals surface area (Å²) < 4.78 is 1.09. The number of carbonyl (C=O) groups excluding carboxylic acids is 1. The van der Waals surface area contributed by atoms with Crippen LogP contribution in [0, 0.1) is 0 Å². The summed E-state index contributed by atoms with van der Waals surface area (Å²) in [5.41, 5.74) is 0. The molecule has 0 bridgehead atoms.